The molecule has 2 heteroatoms. The number of aliphatic hydroxyl groups is 1. The van der Waals surface area contributed by atoms with E-state index in [1.807, 2.05) is 0 Å². The van der Waals surface area contributed by atoms with Gasteiger partial charge in [-0.2, -0.15) is 0 Å². The van der Waals surface area contributed by atoms with Gasteiger partial charge in [-0.25, -0.2) is 0 Å². The van der Waals surface area contributed by atoms with E-state index in [0.717, 1.165) is 6.54 Å². The molecule has 0 spiro atoms. The molecule has 1 N–H and O–H groups in total. The first-order chi connectivity index (χ1) is 5.33. The maximum Gasteiger partial charge on any atom is 0.0468 e. The Kier molecular flexibility index (Phi) is 3.87. The summed E-state index contributed by atoms with van der Waals surface area (Å²) in [4.78, 5) is 2.46. The molecule has 1 saturated heterocycles. The number of aliphatic hydroxyl groups excluding tert-OH is 1. The second-order valence-electron chi connectivity index (χ2n) is 3.65. The molecule has 0 aromatic rings. The Bertz CT molecular complexity index is 99.7. The van der Waals surface area contributed by atoms with Crippen LogP contribution in [0.3, 0.4) is 0 Å². The Hall–Kier alpha value is -0.0800. The van der Waals surface area contributed by atoms with Gasteiger partial charge >= 0.3 is 0 Å². The van der Waals surface area contributed by atoms with Gasteiger partial charge in [-0.05, 0) is 31.8 Å². The monoisotopic (exact) mass is 157 g/mol. The average molecular weight is 157 g/mol. The number of hydrogen-bond acceptors (Lipinski definition) is 2. The van der Waals surface area contributed by atoms with Crippen molar-refractivity contribution in [3.8, 4) is 0 Å². The zero-order chi connectivity index (χ0) is 8.10. The molecule has 1 heterocycles. The van der Waals surface area contributed by atoms with Crippen molar-refractivity contribution in [1.29, 1.82) is 0 Å². The average Bonchev–Trinajstić information content (AvgIpc) is 2.06. The third-order valence-corrected chi connectivity index (χ3v) is 2.33. The van der Waals surface area contributed by atoms with Gasteiger partial charge in [-0.1, -0.05) is 13.3 Å². The maximum atomic E-state index is 8.84. The number of piperidine rings is 1. The standard InChI is InChI=1S/C9H19NO/c1-9(8-11)7-10-5-3-2-4-6-10/h9,11H,2-8H2,1H3/t9-/m1/s1. The summed E-state index contributed by atoms with van der Waals surface area (Å²) < 4.78 is 0. The van der Waals surface area contributed by atoms with Gasteiger partial charge in [0.1, 0.15) is 0 Å². The van der Waals surface area contributed by atoms with Crippen LogP contribution in [0, 0.1) is 5.92 Å². The molecule has 0 aromatic heterocycles. The second kappa shape index (κ2) is 4.73. The van der Waals surface area contributed by atoms with Crippen molar-refractivity contribution in [2.24, 2.45) is 5.92 Å². The van der Waals surface area contributed by atoms with Crippen molar-refractivity contribution in [3.63, 3.8) is 0 Å². The maximum absolute atomic E-state index is 8.84. The highest BCUT2D eigenvalue weighted by atomic mass is 16.3. The van der Waals surface area contributed by atoms with E-state index in [9.17, 15) is 0 Å². The third-order valence-electron chi connectivity index (χ3n) is 2.33. The van der Waals surface area contributed by atoms with E-state index in [2.05, 4.69) is 11.8 Å². The lowest BCUT2D eigenvalue weighted by molar-refractivity contribution is 0.156. The Morgan fingerprint density at radius 2 is 1.91 bits per heavy atom. The quantitative estimate of drug-likeness (QED) is 0.663. The molecule has 0 saturated carbocycles. The first-order valence-corrected chi connectivity index (χ1v) is 4.66. The minimum atomic E-state index is 0.330. The summed E-state index contributed by atoms with van der Waals surface area (Å²) >= 11 is 0. The molecule has 0 bridgehead atoms. The molecule has 0 aromatic carbocycles. The van der Waals surface area contributed by atoms with E-state index in [-0.39, 0.29) is 0 Å². The number of hydrogen-bond donors (Lipinski definition) is 1. The van der Waals surface area contributed by atoms with Crippen LogP contribution in [-0.2, 0) is 0 Å². The van der Waals surface area contributed by atoms with Crippen molar-refractivity contribution in [1.82, 2.24) is 4.90 Å². The molecule has 11 heavy (non-hydrogen) atoms. The molecule has 0 radical (unpaired) electrons. The highest BCUT2D eigenvalue weighted by molar-refractivity contribution is 4.66. The van der Waals surface area contributed by atoms with Crippen LogP contribution < -0.4 is 0 Å². The van der Waals surface area contributed by atoms with Crippen molar-refractivity contribution < 1.29 is 5.11 Å². The number of nitrogens with zero attached hydrogens (tertiary/aromatic N) is 1. The summed E-state index contributed by atoms with van der Waals surface area (Å²) in [6, 6.07) is 0. The van der Waals surface area contributed by atoms with Crippen LogP contribution in [0.4, 0.5) is 0 Å². The topological polar surface area (TPSA) is 23.5 Å². The van der Waals surface area contributed by atoms with Crippen LogP contribution in [-0.4, -0.2) is 36.2 Å². The summed E-state index contributed by atoms with van der Waals surface area (Å²) in [5.74, 6) is 0.452. The Morgan fingerprint density at radius 1 is 1.27 bits per heavy atom. The molecule has 66 valence electrons. The van der Waals surface area contributed by atoms with Crippen LogP contribution in [0.2, 0.25) is 0 Å². The molecule has 1 aliphatic heterocycles. The van der Waals surface area contributed by atoms with E-state index < -0.39 is 0 Å². The van der Waals surface area contributed by atoms with Gasteiger partial charge in [0, 0.05) is 13.2 Å². The van der Waals surface area contributed by atoms with Crippen LogP contribution in [0.25, 0.3) is 0 Å². The molecule has 1 aliphatic rings. The fourth-order valence-corrected chi connectivity index (χ4v) is 1.64. The number of rotatable bonds is 3. The summed E-state index contributed by atoms with van der Waals surface area (Å²) in [6.07, 6.45) is 4.08. The minimum absolute atomic E-state index is 0.330. The summed E-state index contributed by atoms with van der Waals surface area (Å²) in [6.45, 7) is 6.00. The van der Waals surface area contributed by atoms with E-state index >= 15 is 0 Å². The van der Waals surface area contributed by atoms with Gasteiger partial charge in [0.05, 0.1) is 0 Å². The Morgan fingerprint density at radius 3 is 2.45 bits per heavy atom. The minimum Gasteiger partial charge on any atom is -0.396 e. The predicted octanol–water partition coefficient (Wildman–Crippen LogP) is 1.10. The molecule has 2 nitrogen and oxygen atoms in total. The first-order valence-electron chi connectivity index (χ1n) is 4.66. The van der Waals surface area contributed by atoms with Crippen molar-refractivity contribution >= 4 is 0 Å². The Labute approximate surface area is 69.2 Å². The fraction of sp³-hybridized carbons (Fsp3) is 1.00. The molecule has 0 aliphatic carbocycles. The molecule has 0 amide bonds. The van der Waals surface area contributed by atoms with Gasteiger partial charge in [0.2, 0.25) is 0 Å². The lowest BCUT2D eigenvalue weighted by atomic mass is 10.1. The molecule has 1 fully saturated rings. The summed E-state index contributed by atoms with van der Waals surface area (Å²) in [5.41, 5.74) is 0. The zero-order valence-electron chi connectivity index (χ0n) is 7.42. The van der Waals surface area contributed by atoms with Gasteiger partial charge in [0.25, 0.3) is 0 Å². The lowest BCUT2D eigenvalue weighted by Gasteiger charge is -2.28. The molecule has 1 rings (SSSR count). The van der Waals surface area contributed by atoms with Gasteiger partial charge in [-0.15, -0.1) is 0 Å². The van der Waals surface area contributed by atoms with E-state index in [1.54, 1.807) is 0 Å². The highest BCUT2D eigenvalue weighted by Crippen LogP contribution is 2.10. The molecule has 0 unspecified atom stereocenters. The fourth-order valence-electron chi connectivity index (χ4n) is 1.64. The van der Waals surface area contributed by atoms with Crippen LogP contribution in [0.1, 0.15) is 26.2 Å². The van der Waals surface area contributed by atoms with Crippen LogP contribution in [0.5, 0.6) is 0 Å². The summed E-state index contributed by atoms with van der Waals surface area (Å²) in [5, 5.41) is 8.84. The lowest BCUT2D eigenvalue weighted by Crippen LogP contribution is -2.34. The van der Waals surface area contributed by atoms with E-state index in [1.165, 1.54) is 32.4 Å². The number of likely N-dealkylation sites (tertiary alicyclic amines) is 1. The second-order valence-corrected chi connectivity index (χ2v) is 3.65. The highest BCUT2D eigenvalue weighted by Gasteiger charge is 2.12. The van der Waals surface area contributed by atoms with Crippen molar-refractivity contribution in [2.45, 2.75) is 26.2 Å². The van der Waals surface area contributed by atoms with Crippen LogP contribution in [0.15, 0.2) is 0 Å². The zero-order valence-corrected chi connectivity index (χ0v) is 7.42. The van der Waals surface area contributed by atoms with Crippen molar-refractivity contribution in [2.75, 3.05) is 26.2 Å². The summed E-state index contributed by atoms with van der Waals surface area (Å²) in [7, 11) is 0. The Balaban J connectivity index is 2.13. The molecular formula is C9H19NO. The van der Waals surface area contributed by atoms with E-state index in [0.29, 0.717) is 12.5 Å². The smallest absolute Gasteiger partial charge is 0.0468 e. The normalized spacial score (nSPS) is 23.5. The first kappa shape index (κ1) is 9.01. The molecule has 1 atom stereocenters. The largest absolute Gasteiger partial charge is 0.396 e. The van der Waals surface area contributed by atoms with Gasteiger partial charge < -0.3 is 10.0 Å². The van der Waals surface area contributed by atoms with Gasteiger partial charge in [0.15, 0.2) is 0 Å². The van der Waals surface area contributed by atoms with Crippen LogP contribution >= 0.6 is 0 Å². The molecular weight excluding hydrogens is 138 g/mol. The van der Waals surface area contributed by atoms with E-state index in [4.69, 9.17) is 5.11 Å². The SMILES string of the molecule is C[C@@H](CO)CN1CCCCC1. The van der Waals surface area contributed by atoms with Crippen molar-refractivity contribution in [3.05, 3.63) is 0 Å². The van der Waals surface area contributed by atoms with Gasteiger partial charge in [-0.3, -0.25) is 0 Å². The predicted molar refractivity (Wildman–Crippen MR) is 46.5 cm³/mol. The third kappa shape index (κ3) is 3.21.